The van der Waals surface area contributed by atoms with Crippen molar-refractivity contribution in [2.75, 3.05) is 6.54 Å². The van der Waals surface area contributed by atoms with Gasteiger partial charge in [-0.05, 0) is 29.7 Å². The van der Waals surface area contributed by atoms with Crippen LogP contribution in [-0.2, 0) is 0 Å². The fourth-order valence-electron chi connectivity index (χ4n) is 2.44. The van der Waals surface area contributed by atoms with Crippen molar-refractivity contribution in [1.29, 1.82) is 0 Å². The number of thiocarbonyl (C=S) groups is 1. The molecule has 0 saturated heterocycles. The van der Waals surface area contributed by atoms with Crippen LogP contribution in [-0.4, -0.2) is 28.5 Å². The molecule has 1 heterocycles. The van der Waals surface area contributed by atoms with Gasteiger partial charge in [0.25, 0.3) is 11.8 Å². The lowest BCUT2D eigenvalue weighted by atomic mass is 9.95. The van der Waals surface area contributed by atoms with Crippen molar-refractivity contribution in [3.63, 3.8) is 0 Å². The SMILES string of the molecule is C=CCNC(=S)NN1C(=O)c2cccc3cccc(c23)C1=O. The predicted octanol–water partition coefficient (Wildman–Crippen LogP) is 2.00. The van der Waals surface area contributed by atoms with Gasteiger partial charge >= 0.3 is 0 Å². The molecule has 0 atom stereocenters. The first-order valence-corrected chi connectivity index (χ1v) is 7.10. The molecule has 1 aliphatic heterocycles. The Kier molecular flexibility index (Phi) is 3.60. The lowest BCUT2D eigenvalue weighted by Gasteiger charge is -2.28. The van der Waals surface area contributed by atoms with Gasteiger partial charge in [0.2, 0.25) is 0 Å². The van der Waals surface area contributed by atoms with E-state index in [1.165, 1.54) is 0 Å². The van der Waals surface area contributed by atoms with Gasteiger partial charge in [-0.25, -0.2) is 0 Å². The summed E-state index contributed by atoms with van der Waals surface area (Å²) < 4.78 is 0. The Morgan fingerprint density at radius 1 is 1.14 bits per heavy atom. The summed E-state index contributed by atoms with van der Waals surface area (Å²) in [5.74, 6) is -0.839. The van der Waals surface area contributed by atoms with Crippen molar-refractivity contribution >= 4 is 39.9 Å². The number of benzene rings is 2. The smallest absolute Gasteiger partial charge is 0.280 e. The van der Waals surface area contributed by atoms with Gasteiger partial charge in [-0.15, -0.1) is 6.58 Å². The van der Waals surface area contributed by atoms with Crippen LogP contribution >= 0.6 is 12.2 Å². The van der Waals surface area contributed by atoms with Crippen LogP contribution in [0.15, 0.2) is 49.1 Å². The molecule has 2 amide bonds. The normalized spacial score (nSPS) is 13.2. The van der Waals surface area contributed by atoms with Crippen LogP contribution in [0.2, 0.25) is 0 Å². The Morgan fingerprint density at radius 2 is 1.73 bits per heavy atom. The zero-order valence-electron chi connectivity index (χ0n) is 11.6. The Bertz CT molecular complexity index is 765. The highest BCUT2D eigenvalue weighted by Gasteiger charge is 2.33. The average Bonchev–Trinajstić information content (AvgIpc) is 2.54. The first-order chi connectivity index (χ1) is 10.6. The maximum absolute atomic E-state index is 12.6. The number of rotatable bonds is 3. The molecule has 22 heavy (non-hydrogen) atoms. The Morgan fingerprint density at radius 3 is 2.27 bits per heavy atom. The number of nitrogens with one attached hydrogen (secondary N) is 2. The zero-order valence-corrected chi connectivity index (χ0v) is 12.4. The Balaban J connectivity index is 2.01. The van der Waals surface area contributed by atoms with E-state index in [9.17, 15) is 9.59 Å². The van der Waals surface area contributed by atoms with E-state index < -0.39 is 11.8 Å². The van der Waals surface area contributed by atoms with E-state index in [2.05, 4.69) is 17.3 Å². The number of hydrazine groups is 1. The molecule has 1 aliphatic rings. The number of hydrogen-bond donors (Lipinski definition) is 2. The summed E-state index contributed by atoms with van der Waals surface area (Å²) in [7, 11) is 0. The standard InChI is InChI=1S/C16H13N3O2S/c1-2-9-17-16(22)18-19-14(20)11-7-3-5-10-6-4-8-12(13(10)11)15(19)21/h2-8H,1,9H2,(H2,17,18,22). The maximum atomic E-state index is 12.6. The van der Waals surface area contributed by atoms with Gasteiger partial charge in [0.15, 0.2) is 5.11 Å². The second-order valence-electron chi connectivity index (χ2n) is 4.77. The fourth-order valence-corrected chi connectivity index (χ4v) is 2.61. The molecule has 110 valence electrons. The summed E-state index contributed by atoms with van der Waals surface area (Å²) in [6.45, 7) is 4.01. The van der Waals surface area contributed by atoms with Gasteiger partial charge in [-0.3, -0.25) is 15.0 Å². The lowest BCUT2D eigenvalue weighted by molar-refractivity contribution is 0.0566. The Labute approximate surface area is 132 Å². The molecule has 2 N–H and O–H groups in total. The number of amides is 2. The molecule has 0 fully saturated rings. The number of carbonyl (C=O) groups excluding carboxylic acids is 2. The van der Waals surface area contributed by atoms with Crippen molar-refractivity contribution in [2.45, 2.75) is 0 Å². The molecular formula is C16H13N3O2S. The molecule has 0 spiro atoms. The van der Waals surface area contributed by atoms with Crippen molar-refractivity contribution in [3.05, 3.63) is 60.2 Å². The third-order valence-electron chi connectivity index (χ3n) is 3.39. The molecule has 2 aromatic carbocycles. The van der Waals surface area contributed by atoms with Crippen LogP contribution < -0.4 is 10.7 Å². The molecule has 0 aliphatic carbocycles. The number of imide groups is 1. The first-order valence-electron chi connectivity index (χ1n) is 6.69. The molecule has 0 radical (unpaired) electrons. The summed E-state index contributed by atoms with van der Waals surface area (Å²) in [4.78, 5) is 25.1. The molecule has 0 unspecified atom stereocenters. The van der Waals surface area contributed by atoms with E-state index in [1.54, 1.807) is 30.3 Å². The minimum Gasteiger partial charge on any atom is -0.358 e. The molecule has 2 aromatic rings. The van der Waals surface area contributed by atoms with E-state index in [0.29, 0.717) is 23.1 Å². The minimum absolute atomic E-state index is 0.188. The quantitative estimate of drug-likeness (QED) is 0.516. The van der Waals surface area contributed by atoms with Crippen molar-refractivity contribution in [3.8, 4) is 0 Å². The molecule has 0 bridgehead atoms. The monoisotopic (exact) mass is 311 g/mol. The summed E-state index contributed by atoms with van der Waals surface area (Å²) in [6.07, 6.45) is 1.63. The minimum atomic E-state index is -0.419. The van der Waals surface area contributed by atoms with Crippen LogP contribution in [0.25, 0.3) is 10.8 Å². The van der Waals surface area contributed by atoms with Crippen molar-refractivity contribution < 1.29 is 9.59 Å². The lowest BCUT2D eigenvalue weighted by Crippen LogP contribution is -2.54. The molecular weight excluding hydrogens is 298 g/mol. The highest BCUT2D eigenvalue weighted by atomic mass is 32.1. The average molecular weight is 311 g/mol. The van der Waals surface area contributed by atoms with E-state index in [0.717, 1.165) is 10.4 Å². The zero-order chi connectivity index (χ0) is 15.7. The third-order valence-corrected chi connectivity index (χ3v) is 3.63. The van der Waals surface area contributed by atoms with Crippen LogP contribution in [0.3, 0.4) is 0 Å². The van der Waals surface area contributed by atoms with Crippen LogP contribution in [0, 0.1) is 0 Å². The first kappa shape index (κ1) is 14.2. The van der Waals surface area contributed by atoms with Crippen LogP contribution in [0.5, 0.6) is 0 Å². The van der Waals surface area contributed by atoms with Crippen molar-refractivity contribution in [2.24, 2.45) is 0 Å². The van der Waals surface area contributed by atoms with Crippen LogP contribution in [0.4, 0.5) is 0 Å². The molecule has 5 nitrogen and oxygen atoms in total. The second-order valence-corrected chi connectivity index (χ2v) is 5.17. The molecule has 0 aromatic heterocycles. The topological polar surface area (TPSA) is 61.4 Å². The second kappa shape index (κ2) is 5.57. The maximum Gasteiger partial charge on any atom is 0.280 e. The predicted molar refractivity (Wildman–Crippen MR) is 88.4 cm³/mol. The molecule has 3 rings (SSSR count). The molecule has 0 saturated carbocycles. The van der Waals surface area contributed by atoms with Gasteiger partial charge in [0.1, 0.15) is 0 Å². The van der Waals surface area contributed by atoms with Gasteiger partial charge in [0, 0.05) is 11.9 Å². The third kappa shape index (κ3) is 2.23. The van der Waals surface area contributed by atoms with E-state index in [4.69, 9.17) is 12.2 Å². The van der Waals surface area contributed by atoms with Gasteiger partial charge in [0.05, 0.1) is 11.1 Å². The van der Waals surface area contributed by atoms with E-state index in [-0.39, 0.29) is 5.11 Å². The van der Waals surface area contributed by atoms with Gasteiger partial charge in [-0.1, -0.05) is 30.3 Å². The van der Waals surface area contributed by atoms with E-state index >= 15 is 0 Å². The summed E-state index contributed by atoms with van der Waals surface area (Å²) in [5, 5.41) is 5.50. The fraction of sp³-hybridized carbons (Fsp3) is 0.0625. The Hall–Kier alpha value is -2.73. The largest absolute Gasteiger partial charge is 0.358 e. The summed E-state index contributed by atoms with van der Waals surface area (Å²) in [5.41, 5.74) is 3.60. The van der Waals surface area contributed by atoms with Gasteiger partial charge in [-0.2, -0.15) is 5.01 Å². The van der Waals surface area contributed by atoms with Crippen LogP contribution in [0.1, 0.15) is 20.7 Å². The van der Waals surface area contributed by atoms with E-state index in [1.807, 2.05) is 12.1 Å². The van der Waals surface area contributed by atoms with Crippen molar-refractivity contribution in [1.82, 2.24) is 15.8 Å². The molecule has 6 heteroatoms. The highest BCUT2D eigenvalue weighted by Crippen LogP contribution is 2.28. The van der Waals surface area contributed by atoms with Gasteiger partial charge < -0.3 is 5.32 Å². The summed E-state index contributed by atoms with van der Waals surface area (Å²) in [6, 6.07) is 10.7. The number of carbonyl (C=O) groups is 2. The highest BCUT2D eigenvalue weighted by molar-refractivity contribution is 7.80. The summed E-state index contributed by atoms with van der Waals surface area (Å²) >= 11 is 5.07. The number of nitrogens with zero attached hydrogens (tertiary/aromatic N) is 1. The number of hydrogen-bond acceptors (Lipinski definition) is 3.